The molecule has 9 heteroatoms. The van der Waals surface area contributed by atoms with Crippen molar-refractivity contribution in [2.45, 2.75) is 19.0 Å². The van der Waals surface area contributed by atoms with Gasteiger partial charge in [-0.2, -0.15) is 0 Å². The van der Waals surface area contributed by atoms with Crippen molar-refractivity contribution in [2.75, 3.05) is 7.05 Å². The standard InChI is InChI=1S/C18H16ClFN2O5/c1-22-15(23)7-11(16(22)9-2-4-12(19)13(20)6-9)17(24)21-8-10-3-5-14(27-10)18(25)26/h2-6,11,16H,7-8H2,1H3,(H,21,24)(H,25,26). The van der Waals surface area contributed by atoms with Crippen LogP contribution in [-0.4, -0.2) is 34.8 Å². The summed E-state index contributed by atoms with van der Waals surface area (Å²) in [5, 5.41) is 11.4. The fourth-order valence-electron chi connectivity index (χ4n) is 3.15. The first-order chi connectivity index (χ1) is 12.8. The predicted octanol–water partition coefficient (Wildman–Crippen LogP) is 2.61. The van der Waals surface area contributed by atoms with Crippen LogP contribution in [0.3, 0.4) is 0 Å². The third-order valence-electron chi connectivity index (χ3n) is 4.52. The number of carboxylic acid groups (broad SMARTS) is 1. The summed E-state index contributed by atoms with van der Waals surface area (Å²) in [6, 6.07) is 6.28. The van der Waals surface area contributed by atoms with Crippen LogP contribution < -0.4 is 5.32 Å². The monoisotopic (exact) mass is 394 g/mol. The van der Waals surface area contributed by atoms with Gasteiger partial charge < -0.3 is 19.7 Å². The summed E-state index contributed by atoms with van der Waals surface area (Å²) in [6.45, 7) is -0.0256. The van der Waals surface area contributed by atoms with E-state index in [1.165, 1.54) is 29.2 Å². The molecule has 1 aliphatic rings. The second-order valence-electron chi connectivity index (χ2n) is 6.22. The molecule has 2 N–H and O–H groups in total. The first-order valence-electron chi connectivity index (χ1n) is 8.08. The smallest absolute Gasteiger partial charge is 0.371 e. The van der Waals surface area contributed by atoms with Crippen LogP contribution >= 0.6 is 11.6 Å². The Morgan fingerprint density at radius 3 is 2.74 bits per heavy atom. The number of nitrogens with one attached hydrogen (secondary N) is 1. The van der Waals surface area contributed by atoms with E-state index in [1.54, 1.807) is 13.1 Å². The highest BCUT2D eigenvalue weighted by atomic mass is 35.5. The molecule has 2 unspecified atom stereocenters. The van der Waals surface area contributed by atoms with Gasteiger partial charge in [0.05, 0.1) is 23.5 Å². The van der Waals surface area contributed by atoms with Crippen LogP contribution in [0, 0.1) is 11.7 Å². The van der Waals surface area contributed by atoms with E-state index in [0.717, 1.165) is 0 Å². The Morgan fingerprint density at radius 1 is 1.37 bits per heavy atom. The number of hydrogen-bond donors (Lipinski definition) is 2. The van der Waals surface area contributed by atoms with Crippen molar-refractivity contribution in [1.29, 1.82) is 0 Å². The highest BCUT2D eigenvalue weighted by molar-refractivity contribution is 6.30. The maximum atomic E-state index is 13.8. The lowest BCUT2D eigenvalue weighted by molar-refractivity contribution is -0.128. The van der Waals surface area contributed by atoms with Gasteiger partial charge >= 0.3 is 5.97 Å². The maximum Gasteiger partial charge on any atom is 0.371 e. The lowest BCUT2D eigenvalue weighted by atomic mass is 9.93. The first kappa shape index (κ1) is 18.9. The minimum atomic E-state index is -1.21. The Bertz CT molecular complexity index is 913. The Morgan fingerprint density at radius 2 is 2.11 bits per heavy atom. The molecule has 1 saturated heterocycles. The molecule has 1 aromatic heterocycles. The number of amides is 2. The van der Waals surface area contributed by atoms with E-state index in [9.17, 15) is 18.8 Å². The molecule has 1 fully saturated rings. The fourth-order valence-corrected chi connectivity index (χ4v) is 3.27. The zero-order chi connectivity index (χ0) is 19.7. The van der Waals surface area contributed by atoms with Crippen molar-refractivity contribution in [2.24, 2.45) is 5.92 Å². The van der Waals surface area contributed by atoms with Gasteiger partial charge in [0.15, 0.2) is 0 Å². The van der Waals surface area contributed by atoms with Crippen LogP contribution in [-0.2, 0) is 16.1 Å². The number of nitrogens with zero attached hydrogens (tertiary/aromatic N) is 1. The zero-order valence-corrected chi connectivity index (χ0v) is 15.0. The molecule has 0 spiro atoms. The molecule has 0 saturated carbocycles. The summed E-state index contributed by atoms with van der Waals surface area (Å²) in [5.74, 6) is -3.17. The lowest BCUT2D eigenvalue weighted by Gasteiger charge is -2.25. The van der Waals surface area contributed by atoms with E-state index in [-0.39, 0.29) is 35.4 Å². The molecule has 0 aliphatic carbocycles. The number of carbonyl (C=O) groups is 3. The van der Waals surface area contributed by atoms with Gasteiger partial charge in [-0.05, 0) is 29.8 Å². The van der Waals surface area contributed by atoms with Crippen LogP contribution in [0.4, 0.5) is 4.39 Å². The Hall–Kier alpha value is -2.87. The average Bonchev–Trinajstić information content (AvgIpc) is 3.21. The summed E-state index contributed by atoms with van der Waals surface area (Å²) < 4.78 is 18.9. The first-order valence-corrected chi connectivity index (χ1v) is 8.46. The van der Waals surface area contributed by atoms with Crippen molar-refractivity contribution >= 4 is 29.4 Å². The number of carboxylic acids is 1. The van der Waals surface area contributed by atoms with E-state index in [0.29, 0.717) is 5.56 Å². The largest absolute Gasteiger partial charge is 0.475 e. The maximum absolute atomic E-state index is 13.8. The van der Waals surface area contributed by atoms with Crippen LogP contribution in [0.2, 0.25) is 5.02 Å². The number of aromatic carboxylic acids is 1. The predicted molar refractivity (Wildman–Crippen MR) is 92.5 cm³/mol. The third-order valence-corrected chi connectivity index (χ3v) is 4.82. The minimum Gasteiger partial charge on any atom is -0.475 e. The molecule has 142 valence electrons. The van der Waals surface area contributed by atoms with Gasteiger partial charge in [-0.15, -0.1) is 0 Å². The van der Waals surface area contributed by atoms with Gasteiger partial charge in [0.25, 0.3) is 0 Å². The highest BCUT2D eigenvalue weighted by Gasteiger charge is 2.42. The molecular weight excluding hydrogens is 379 g/mol. The molecule has 1 aromatic carbocycles. The molecule has 7 nitrogen and oxygen atoms in total. The highest BCUT2D eigenvalue weighted by Crippen LogP contribution is 2.38. The van der Waals surface area contributed by atoms with Crippen LogP contribution in [0.15, 0.2) is 34.7 Å². The lowest BCUT2D eigenvalue weighted by Crippen LogP contribution is -2.34. The summed E-state index contributed by atoms with van der Waals surface area (Å²) in [6.07, 6.45) is -0.0181. The van der Waals surface area contributed by atoms with Gasteiger partial charge in [-0.3, -0.25) is 9.59 Å². The summed E-state index contributed by atoms with van der Waals surface area (Å²) >= 11 is 5.71. The molecule has 2 amide bonds. The van der Waals surface area contributed by atoms with Crippen LogP contribution in [0.25, 0.3) is 0 Å². The van der Waals surface area contributed by atoms with Gasteiger partial charge in [0.2, 0.25) is 17.6 Å². The van der Waals surface area contributed by atoms with E-state index in [4.69, 9.17) is 21.1 Å². The topological polar surface area (TPSA) is 99.9 Å². The van der Waals surface area contributed by atoms with Crippen LogP contribution in [0.5, 0.6) is 0 Å². The molecule has 1 aliphatic heterocycles. The molecule has 2 heterocycles. The van der Waals surface area contributed by atoms with Gasteiger partial charge in [-0.1, -0.05) is 17.7 Å². The number of carbonyl (C=O) groups excluding carboxylic acids is 2. The van der Waals surface area contributed by atoms with Gasteiger partial charge in [-0.25, -0.2) is 9.18 Å². The third kappa shape index (κ3) is 3.80. The van der Waals surface area contributed by atoms with E-state index >= 15 is 0 Å². The molecule has 3 rings (SSSR count). The van der Waals surface area contributed by atoms with Crippen molar-refractivity contribution in [3.8, 4) is 0 Å². The van der Waals surface area contributed by atoms with E-state index in [1.807, 2.05) is 0 Å². The van der Waals surface area contributed by atoms with E-state index < -0.39 is 29.7 Å². The average molecular weight is 395 g/mol. The van der Waals surface area contributed by atoms with Gasteiger partial charge in [0, 0.05) is 13.5 Å². The van der Waals surface area contributed by atoms with Crippen LogP contribution in [0.1, 0.15) is 34.3 Å². The molecule has 27 heavy (non-hydrogen) atoms. The number of furan rings is 1. The Balaban J connectivity index is 1.75. The second kappa shape index (κ2) is 7.40. The van der Waals surface area contributed by atoms with E-state index in [2.05, 4.69) is 5.32 Å². The zero-order valence-electron chi connectivity index (χ0n) is 14.2. The Kier molecular flexibility index (Phi) is 5.18. The molecular formula is C18H16ClFN2O5. The summed E-state index contributed by atoms with van der Waals surface area (Å²) in [7, 11) is 1.55. The summed E-state index contributed by atoms with van der Waals surface area (Å²) in [5.41, 5.74) is 0.469. The fraction of sp³-hybridized carbons (Fsp3) is 0.278. The number of hydrogen-bond acceptors (Lipinski definition) is 4. The van der Waals surface area contributed by atoms with Crippen molar-refractivity contribution in [3.05, 3.63) is 58.3 Å². The normalized spacial score (nSPS) is 19.4. The van der Waals surface area contributed by atoms with Crippen molar-refractivity contribution in [1.82, 2.24) is 10.2 Å². The van der Waals surface area contributed by atoms with Crippen molar-refractivity contribution < 1.29 is 28.3 Å². The molecule has 2 atom stereocenters. The number of halogens is 2. The number of benzene rings is 1. The minimum absolute atomic E-state index is 0.0181. The molecule has 0 bridgehead atoms. The summed E-state index contributed by atoms with van der Waals surface area (Å²) in [4.78, 5) is 37.0. The Labute approximate surface area is 158 Å². The quantitative estimate of drug-likeness (QED) is 0.812. The number of rotatable bonds is 5. The number of likely N-dealkylation sites (tertiary alicyclic amines) is 1. The second-order valence-corrected chi connectivity index (χ2v) is 6.63. The molecule has 0 radical (unpaired) electrons. The van der Waals surface area contributed by atoms with Gasteiger partial charge in [0.1, 0.15) is 11.6 Å². The molecule has 2 aromatic rings. The SMILES string of the molecule is CN1C(=O)CC(C(=O)NCc2ccc(C(=O)O)o2)C1c1ccc(Cl)c(F)c1. The van der Waals surface area contributed by atoms with Crippen molar-refractivity contribution in [3.63, 3.8) is 0 Å².